The van der Waals surface area contributed by atoms with Gasteiger partial charge in [0, 0.05) is 44.1 Å². The summed E-state index contributed by atoms with van der Waals surface area (Å²) in [7, 11) is 3.57. The molecule has 138 valence electrons. The number of anilines is 1. The van der Waals surface area contributed by atoms with Crippen molar-refractivity contribution >= 4 is 11.9 Å². The molecule has 1 aliphatic heterocycles. The molecule has 1 saturated carbocycles. The predicted molar refractivity (Wildman–Crippen MR) is 96.7 cm³/mol. The molecule has 0 amide bonds. The molecule has 1 saturated heterocycles. The Hall–Kier alpha value is -2.48. The van der Waals surface area contributed by atoms with Crippen LogP contribution in [0.25, 0.3) is 11.3 Å². The molecule has 8 heteroatoms. The number of hydrogen-bond acceptors (Lipinski definition) is 7. The molecule has 0 spiro atoms. The molecule has 3 heterocycles. The van der Waals surface area contributed by atoms with Crippen LogP contribution in [0.2, 0.25) is 0 Å². The van der Waals surface area contributed by atoms with E-state index in [2.05, 4.69) is 26.9 Å². The number of aromatic nitrogens is 4. The van der Waals surface area contributed by atoms with Crippen molar-refractivity contribution in [1.82, 2.24) is 24.6 Å². The highest BCUT2D eigenvalue weighted by molar-refractivity contribution is 5.73. The lowest BCUT2D eigenvalue weighted by atomic mass is 9.80. The van der Waals surface area contributed by atoms with E-state index in [4.69, 9.17) is 9.72 Å². The van der Waals surface area contributed by atoms with Crippen LogP contribution in [-0.4, -0.2) is 71.0 Å². The quantitative estimate of drug-likeness (QED) is 0.762. The molecule has 2 aromatic heterocycles. The maximum absolute atomic E-state index is 11.5. The Morgan fingerprint density at radius 1 is 1.23 bits per heavy atom. The largest absolute Gasteiger partial charge is 0.469 e. The third-order valence-corrected chi connectivity index (χ3v) is 5.35. The summed E-state index contributed by atoms with van der Waals surface area (Å²) in [6, 6.07) is 2.17. The van der Waals surface area contributed by atoms with E-state index in [0.29, 0.717) is 0 Å². The summed E-state index contributed by atoms with van der Waals surface area (Å²) < 4.78 is 6.73. The fourth-order valence-corrected chi connectivity index (χ4v) is 3.50. The number of hydrogen-bond donors (Lipinski definition) is 0. The number of carbonyl (C=O) groups is 1. The Kier molecular flexibility index (Phi) is 4.58. The van der Waals surface area contributed by atoms with Crippen LogP contribution in [0.5, 0.6) is 0 Å². The first-order valence-corrected chi connectivity index (χ1v) is 9.03. The molecule has 4 rings (SSSR count). The molecular formula is C18H24N6O2. The van der Waals surface area contributed by atoms with Gasteiger partial charge in [0.25, 0.3) is 0 Å². The second-order valence-corrected chi connectivity index (χ2v) is 7.09. The van der Waals surface area contributed by atoms with E-state index in [1.165, 1.54) is 7.11 Å². The standard InChI is InChI=1S/C18H24N6O2/c1-22-5-7-23(8-6-22)18-19-4-3-16(21-18)14-11-20-24(12-14)15-9-13(10-15)17(25)26-2/h3-4,11-13,15H,5-10H2,1-2H3. The van der Waals surface area contributed by atoms with Crippen molar-refractivity contribution in [1.29, 1.82) is 0 Å². The summed E-state index contributed by atoms with van der Waals surface area (Å²) in [6.45, 7) is 3.93. The highest BCUT2D eigenvalue weighted by Gasteiger charge is 2.36. The molecule has 0 aromatic carbocycles. The van der Waals surface area contributed by atoms with Gasteiger partial charge >= 0.3 is 5.97 Å². The number of methoxy groups -OCH3 is 1. The minimum Gasteiger partial charge on any atom is -0.469 e. The van der Waals surface area contributed by atoms with E-state index >= 15 is 0 Å². The number of ether oxygens (including phenoxy) is 1. The van der Waals surface area contributed by atoms with Crippen molar-refractivity contribution in [3.63, 3.8) is 0 Å². The molecule has 0 N–H and O–H groups in total. The van der Waals surface area contributed by atoms with Crippen LogP contribution in [0.1, 0.15) is 18.9 Å². The molecule has 1 aliphatic carbocycles. The predicted octanol–water partition coefficient (Wildman–Crippen LogP) is 1.22. The molecule has 0 unspecified atom stereocenters. The minimum atomic E-state index is -0.124. The Bertz CT molecular complexity index is 777. The van der Waals surface area contributed by atoms with Crippen molar-refractivity contribution in [3.05, 3.63) is 24.7 Å². The Balaban J connectivity index is 1.45. The normalized spacial score (nSPS) is 23.5. The van der Waals surface area contributed by atoms with Gasteiger partial charge in [-0.15, -0.1) is 0 Å². The van der Waals surface area contributed by atoms with Crippen molar-refractivity contribution in [2.75, 3.05) is 45.2 Å². The van der Waals surface area contributed by atoms with E-state index in [1.807, 2.05) is 29.3 Å². The van der Waals surface area contributed by atoms with Crippen molar-refractivity contribution in [2.24, 2.45) is 5.92 Å². The summed E-state index contributed by atoms with van der Waals surface area (Å²) in [5.41, 5.74) is 1.85. The van der Waals surface area contributed by atoms with Gasteiger partial charge in [-0.1, -0.05) is 0 Å². The van der Waals surface area contributed by atoms with Crippen LogP contribution >= 0.6 is 0 Å². The van der Waals surface area contributed by atoms with Gasteiger partial charge in [-0.05, 0) is 26.0 Å². The first kappa shape index (κ1) is 17.0. The van der Waals surface area contributed by atoms with Gasteiger partial charge in [-0.2, -0.15) is 5.10 Å². The summed E-state index contributed by atoms with van der Waals surface area (Å²) in [5.74, 6) is 0.652. The van der Waals surface area contributed by atoms with Crippen LogP contribution in [0.4, 0.5) is 5.95 Å². The van der Waals surface area contributed by atoms with Gasteiger partial charge in [0.05, 0.1) is 31.0 Å². The zero-order chi connectivity index (χ0) is 18.1. The lowest BCUT2D eigenvalue weighted by Gasteiger charge is -2.33. The topological polar surface area (TPSA) is 76.4 Å². The van der Waals surface area contributed by atoms with Crippen LogP contribution in [0.15, 0.2) is 24.7 Å². The molecule has 26 heavy (non-hydrogen) atoms. The summed E-state index contributed by atoms with van der Waals surface area (Å²) in [4.78, 5) is 25.2. The van der Waals surface area contributed by atoms with Crippen molar-refractivity contribution in [3.8, 4) is 11.3 Å². The van der Waals surface area contributed by atoms with Gasteiger partial charge < -0.3 is 14.5 Å². The highest BCUT2D eigenvalue weighted by atomic mass is 16.5. The summed E-state index contributed by atoms with van der Waals surface area (Å²) >= 11 is 0. The first-order chi connectivity index (χ1) is 12.6. The van der Waals surface area contributed by atoms with Crippen LogP contribution < -0.4 is 4.90 Å². The smallest absolute Gasteiger partial charge is 0.308 e. The maximum Gasteiger partial charge on any atom is 0.308 e. The number of esters is 1. The van der Waals surface area contributed by atoms with E-state index in [1.54, 1.807) is 0 Å². The number of likely N-dealkylation sites (N-methyl/N-ethyl adjacent to an activating group) is 1. The Morgan fingerprint density at radius 3 is 2.73 bits per heavy atom. The molecule has 8 nitrogen and oxygen atoms in total. The van der Waals surface area contributed by atoms with E-state index < -0.39 is 0 Å². The molecule has 2 fully saturated rings. The molecule has 2 aromatic rings. The van der Waals surface area contributed by atoms with Gasteiger partial charge in [-0.3, -0.25) is 9.48 Å². The summed E-state index contributed by atoms with van der Waals surface area (Å²) in [5, 5.41) is 4.47. The molecule has 0 bridgehead atoms. The highest BCUT2D eigenvalue weighted by Crippen LogP contribution is 2.38. The average molecular weight is 356 g/mol. The fourth-order valence-electron chi connectivity index (χ4n) is 3.50. The average Bonchev–Trinajstić information content (AvgIpc) is 3.10. The first-order valence-electron chi connectivity index (χ1n) is 9.03. The van der Waals surface area contributed by atoms with Gasteiger partial charge in [0.1, 0.15) is 0 Å². The van der Waals surface area contributed by atoms with E-state index in [0.717, 1.165) is 56.2 Å². The number of rotatable bonds is 4. The molecule has 0 atom stereocenters. The maximum atomic E-state index is 11.5. The van der Waals surface area contributed by atoms with Crippen molar-refractivity contribution in [2.45, 2.75) is 18.9 Å². The Morgan fingerprint density at radius 2 is 2.00 bits per heavy atom. The zero-order valence-electron chi connectivity index (χ0n) is 15.2. The lowest BCUT2D eigenvalue weighted by molar-refractivity contribution is -0.149. The van der Waals surface area contributed by atoms with Crippen LogP contribution in [-0.2, 0) is 9.53 Å². The second-order valence-electron chi connectivity index (χ2n) is 7.09. The second kappa shape index (κ2) is 7.03. The molecule has 2 aliphatic rings. The van der Waals surface area contributed by atoms with Gasteiger partial charge in [-0.25, -0.2) is 9.97 Å². The van der Waals surface area contributed by atoms with E-state index in [-0.39, 0.29) is 17.9 Å². The van der Waals surface area contributed by atoms with Gasteiger partial charge in [0.2, 0.25) is 5.95 Å². The summed E-state index contributed by atoms with van der Waals surface area (Å²) in [6.07, 6.45) is 7.22. The molecule has 0 radical (unpaired) electrons. The monoisotopic (exact) mass is 356 g/mol. The lowest BCUT2D eigenvalue weighted by Crippen LogP contribution is -2.45. The van der Waals surface area contributed by atoms with Crippen molar-refractivity contribution < 1.29 is 9.53 Å². The third kappa shape index (κ3) is 3.29. The fraction of sp³-hybridized carbons (Fsp3) is 0.556. The van der Waals surface area contributed by atoms with Crippen LogP contribution in [0.3, 0.4) is 0 Å². The number of carbonyl (C=O) groups excluding carboxylic acids is 1. The SMILES string of the molecule is COC(=O)C1CC(n2cc(-c3ccnc(N4CCN(C)CC4)n3)cn2)C1. The molecular weight excluding hydrogens is 332 g/mol. The number of nitrogens with zero attached hydrogens (tertiary/aromatic N) is 6. The van der Waals surface area contributed by atoms with Crippen LogP contribution in [0, 0.1) is 5.92 Å². The minimum absolute atomic E-state index is 0.000496. The third-order valence-electron chi connectivity index (χ3n) is 5.35. The number of piperazine rings is 1. The Labute approximate surface area is 152 Å². The van der Waals surface area contributed by atoms with Gasteiger partial charge in [0.15, 0.2) is 0 Å². The zero-order valence-corrected chi connectivity index (χ0v) is 15.2. The van der Waals surface area contributed by atoms with E-state index in [9.17, 15) is 4.79 Å².